The van der Waals surface area contributed by atoms with Crippen LogP contribution in [-0.2, 0) is 23.0 Å². The van der Waals surface area contributed by atoms with Crippen LogP contribution in [0.3, 0.4) is 0 Å². The highest BCUT2D eigenvalue weighted by molar-refractivity contribution is 7.89. The van der Waals surface area contributed by atoms with E-state index in [0.29, 0.717) is 13.2 Å². The Morgan fingerprint density at radius 2 is 1.86 bits per heavy atom. The van der Waals surface area contributed by atoms with E-state index < -0.39 is 10.0 Å². The topological polar surface area (TPSA) is 67.9 Å². The zero-order valence-corrected chi connectivity index (χ0v) is 17.3. The first kappa shape index (κ1) is 20.6. The molecule has 0 atom stereocenters. The van der Waals surface area contributed by atoms with Crippen molar-refractivity contribution in [3.63, 3.8) is 0 Å². The minimum Gasteiger partial charge on any atom is -0.493 e. The SMILES string of the molecule is CCN(CC)CCOc1ccc(CNS(=O)(=O)c2ccc3c(c2)CCO3)cc1. The average Bonchev–Trinajstić information content (AvgIpc) is 3.18. The molecule has 2 aromatic rings. The van der Waals surface area contributed by atoms with Gasteiger partial charge < -0.3 is 14.4 Å². The highest BCUT2D eigenvalue weighted by Gasteiger charge is 2.19. The van der Waals surface area contributed by atoms with Gasteiger partial charge in [0.15, 0.2) is 0 Å². The molecule has 1 aliphatic heterocycles. The van der Waals surface area contributed by atoms with Gasteiger partial charge in [-0.25, -0.2) is 13.1 Å². The minimum atomic E-state index is -3.56. The lowest BCUT2D eigenvalue weighted by atomic mass is 10.2. The van der Waals surface area contributed by atoms with Crippen LogP contribution >= 0.6 is 0 Å². The highest BCUT2D eigenvalue weighted by atomic mass is 32.2. The molecule has 0 bridgehead atoms. The maximum Gasteiger partial charge on any atom is 0.240 e. The normalized spacial score (nSPS) is 13.4. The zero-order chi connectivity index (χ0) is 20.0. The Morgan fingerprint density at radius 3 is 2.57 bits per heavy atom. The first-order valence-electron chi connectivity index (χ1n) is 9.71. The van der Waals surface area contributed by atoms with Crippen LogP contribution in [0.25, 0.3) is 0 Å². The van der Waals surface area contributed by atoms with Crippen molar-refractivity contribution in [1.29, 1.82) is 0 Å². The summed E-state index contributed by atoms with van der Waals surface area (Å²) >= 11 is 0. The van der Waals surface area contributed by atoms with E-state index in [0.717, 1.165) is 48.7 Å². The number of benzene rings is 2. The molecule has 28 heavy (non-hydrogen) atoms. The highest BCUT2D eigenvalue weighted by Crippen LogP contribution is 2.27. The van der Waals surface area contributed by atoms with E-state index in [-0.39, 0.29) is 11.4 Å². The molecule has 0 amide bonds. The van der Waals surface area contributed by atoms with Crippen molar-refractivity contribution in [3.05, 3.63) is 53.6 Å². The lowest BCUT2D eigenvalue weighted by Gasteiger charge is -2.18. The van der Waals surface area contributed by atoms with E-state index >= 15 is 0 Å². The third-order valence-corrected chi connectivity index (χ3v) is 6.33. The lowest BCUT2D eigenvalue weighted by molar-refractivity contribution is 0.223. The van der Waals surface area contributed by atoms with Gasteiger partial charge in [0.1, 0.15) is 18.1 Å². The lowest BCUT2D eigenvalue weighted by Crippen LogP contribution is -2.27. The van der Waals surface area contributed by atoms with Crippen molar-refractivity contribution in [2.75, 3.05) is 32.8 Å². The van der Waals surface area contributed by atoms with Gasteiger partial charge in [0.25, 0.3) is 0 Å². The molecule has 0 saturated heterocycles. The Labute approximate surface area is 167 Å². The maximum atomic E-state index is 12.6. The molecule has 0 aliphatic carbocycles. The molecule has 1 aliphatic rings. The molecule has 1 heterocycles. The molecule has 152 valence electrons. The van der Waals surface area contributed by atoms with E-state index in [1.165, 1.54) is 0 Å². The second-order valence-electron chi connectivity index (χ2n) is 6.71. The first-order chi connectivity index (χ1) is 13.5. The van der Waals surface area contributed by atoms with Crippen LogP contribution in [0.5, 0.6) is 11.5 Å². The van der Waals surface area contributed by atoms with Crippen LogP contribution in [0.4, 0.5) is 0 Å². The fraction of sp³-hybridized carbons (Fsp3) is 0.429. The predicted octanol–water partition coefficient (Wildman–Crippen LogP) is 2.82. The molecule has 7 heteroatoms. The van der Waals surface area contributed by atoms with Gasteiger partial charge >= 0.3 is 0 Å². The summed E-state index contributed by atoms with van der Waals surface area (Å²) in [5.41, 5.74) is 1.82. The molecule has 0 aromatic heterocycles. The number of nitrogens with one attached hydrogen (secondary N) is 1. The standard InChI is InChI=1S/C21H28N2O4S/c1-3-23(4-2)12-14-26-19-7-5-17(6-8-19)16-22-28(24,25)20-9-10-21-18(15-20)11-13-27-21/h5-10,15,22H,3-4,11-14,16H2,1-2H3. The predicted molar refractivity (Wildman–Crippen MR) is 109 cm³/mol. The molecular formula is C21H28N2O4S. The van der Waals surface area contributed by atoms with Crippen LogP contribution in [0.2, 0.25) is 0 Å². The van der Waals surface area contributed by atoms with Crippen LogP contribution in [0, 0.1) is 0 Å². The van der Waals surface area contributed by atoms with E-state index in [2.05, 4.69) is 23.5 Å². The summed E-state index contributed by atoms with van der Waals surface area (Å²) in [6.07, 6.45) is 0.744. The van der Waals surface area contributed by atoms with Gasteiger partial charge in [-0.15, -0.1) is 0 Å². The van der Waals surface area contributed by atoms with Crippen molar-refractivity contribution in [2.45, 2.75) is 31.7 Å². The summed E-state index contributed by atoms with van der Waals surface area (Å²) in [5.74, 6) is 1.56. The number of ether oxygens (including phenoxy) is 2. The van der Waals surface area contributed by atoms with Crippen molar-refractivity contribution in [3.8, 4) is 11.5 Å². The second-order valence-corrected chi connectivity index (χ2v) is 8.48. The molecule has 0 saturated carbocycles. The van der Waals surface area contributed by atoms with E-state index in [1.54, 1.807) is 18.2 Å². The van der Waals surface area contributed by atoms with Crippen molar-refractivity contribution >= 4 is 10.0 Å². The van der Waals surface area contributed by atoms with Gasteiger partial charge in [0.2, 0.25) is 10.0 Å². The summed E-state index contributed by atoms with van der Waals surface area (Å²) in [7, 11) is -3.56. The molecule has 1 N–H and O–H groups in total. The van der Waals surface area contributed by atoms with Gasteiger partial charge in [-0.05, 0) is 54.5 Å². The Hall–Kier alpha value is -2.09. The molecule has 0 fully saturated rings. The Balaban J connectivity index is 1.53. The molecule has 0 spiro atoms. The summed E-state index contributed by atoms with van der Waals surface area (Å²) < 4.78 is 39.0. The monoisotopic (exact) mass is 404 g/mol. The number of likely N-dealkylation sites (N-methyl/N-ethyl adjacent to an activating group) is 1. The molecule has 3 rings (SSSR count). The second kappa shape index (κ2) is 9.41. The number of sulfonamides is 1. The summed E-state index contributed by atoms with van der Waals surface area (Å²) in [6, 6.07) is 12.5. The van der Waals surface area contributed by atoms with Crippen molar-refractivity contribution < 1.29 is 17.9 Å². The van der Waals surface area contributed by atoms with Gasteiger partial charge in [0.05, 0.1) is 11.5 Å². The maximum absolute atomic E-state index is 12.6. The van der Waals surface area contributed by atoms with E-state index in [4.69, 9.17) is 9.47 Å². The number of fused-ring (bicyclic) bond motifs is 1. The smallest absolute Gasteiger partial charge is 0.240 e. The first-order valence-corrected chi connectivity index (χ1v) is 11.2. The Kier molecular flexibility index (Phi) is 6.93. The summed E-state index contributed by atoms with van der Waals surface area (Å²) in [5, 5.41) is 0. The summed E-state index contributed by atoms with van der Waals surface area (Å²) in [4.78, 5) is 2.57. The Morgan fingerprint density at radius 1 is 1.11 bits per heavy atom. The largest absolute Gasteiger partial charge is 0.493 e. The molecular weight excluding hydrogens is 376 g/mol. The number of nitrogens with zero attached hydrogens (tertiary/aromatic N) is 1. The van der Waals surface area contributed by atoms with Crippen LogP contribution < -0.4 is 14.2 Å². The quantitative estimate of drug-likeness (QED) is 0.660. The minimum absolute atomic E-state index is 0.232. The zero-order valence-electron chi connectivity index (χ0n) is 16.5. The van der Waals surface area contributed by atoms with E-state index in [9.17, 15) is 8.42 Å². The number of rotatable bonds is 10. The Bertz CT molecular complexity index is 878. The molecule has 0 radical (unpaired) electrons. The molecule has 6 nitrogen and oxygen atoms in total. The number of hydrogen-bond donors (Lipinski definition) is 1. The van der Waals surface area contributed by atoms with Crippen LogP contribution in [0.1, 0.15) is 25.0 Å². The van der Waals surface area contributed by atoms with Gasteiger partial charge in [-0.2, -0.15) is 0 Å². The third kappa shape index (κ3) is 5.25. The van der Waals surface area contributed by atoms with Gasteiger partial charge in [0, 0.05) is 19.5 Å². The summed E-state index contributed by atoms with van der Waals surface area (Å²) in [6.45, 7) is 8.65. The fourth-order valence-electron chi connectivity index (χ4n) is 3.13. The molecule has 0 unspecified atom stereocenters. The number of hydrogen-bond acceptors (Lipinski definition) is 5. The van der Waals surface area contributed by atoms with Crippen LogP contribution in [-0.4, -0.2) is 46.2 Å². The third-order valence-electron chi connectivity index (χ3n) is 4.93. The average molecular weight is 405 g/mol. The van der Waals surface area contributed by atoms with Gasteiger partial charge in [-0.3, -0.25) is 0 Å². The van der Waals surface area contributed by atoms with E-state index in [1.807, 2.05) is 24.3 Å². The fourth-order valence-corrected chi connectivity index (χ4v) is 4.20. The van der Waals surface area contributed by atoms with Gasteiger partial charge in [-0.1, -0.05) is 26.0 Å². The van der Waals surface area contributed by atoms with Crippen molar-refractivity contribution in [1.82, 2.24) is 9.62 Å². The molecule has 2 aromatic carbocycles. The van der Waals surface area contributed by atoms with Crippen molar-refractivity contribution in [2.24, 2.45) is 0 Å². The van der Waals surface area contributed by atoms with Crippen LogP contribution in [0.15, 0.2) is 47.4 Å².